The number of nitrogens with zero attached hydrogens (tertiary/aromatic N) is 2. The molecule has 0 aliphatic carbocycles. The van der Waals surface area contributed by atoms with Gasteiger partial charge in [0.1, 0.15) is 22.9 Å². The second kappa shape index (κ2) is 11.1. The molecule has 1 aromatic heterocycles. The first-order valence-corrected chi connectivity index (χ1v) is 10.2. The third-order valence-electron chi connectivity index (χ3n) is 3.52. The molecule has 0 spiro atoms. The maximum atomic E-state index is 13.9. The Kier molecular flexibility index (Phi) is 9.17. The third-order valence-corrected chi connectivity index (χ3v) is 5.44. The van der Waals surface area contributed by atoms with Crippen LogP contribution in [0.2, 0.25) is 10.0 Å². The highest BCUT2D eigenvalue weighted by Gasteiger charge is 2.28. The van der Waals surface area contributed by atoms with Crippen molar-refractivity contribution in [2.24, 2.45) is 0 Å². The largest absolute Gasteiger partial charge is 0.490 e. The number of hydrogen-bond acceptors (Lipinski definition) is 5. The van der Waals surface area contributed by atoms with Gasteiger partial charge < -0.3 is 10.1 Å². The van der Waals surface area contributed by atoms with Crippen molar-refractivity contribution < 1.29 is 31.1 Å². The molecule has 0 unspecified atom stereocenters. The van der Waals surface area contributed by atoms with Gasteiger partial charge in [0, 0.05) is 11.4 Å². The molecular weight excluding hydrogens is 479 g/mol. The van der Waals surface area contributed by atoms with Crippen molar-refractivity contribution in [1.82, 2.24) is 9.97 Å². The van der Waals surface area contributed by atoms with Crippen molar-refractivity contribution in [3.63, 3.8) is 0 Å². The maximum absolute atomic E-state index is 13.9. The summed E-state index contributed by atoms with van der Waals surface area (Å²) in [5, 5.41) is 2.39. The van der Waals surface area contributed by atoms with Crippen LogP contribution < -0.4 is 10.1 Å². The van der Waals surface area contributed by atoms with Gasteiger partial charge in [-0.1, -0.05) is 23.2 Å². The predicted molar refractivity (Wildman–Crippen MR) is 103 cm³/mol. The number of ether oxygens (including phenoxy) is 1. The molecule has 0 radical (unpaired) electrons. The fourth-order valence-electron chi connectivity index (χ4n) is 2.17. The minimum absolute atomic E-state index is 0.0558. The number of rotatable bonds is 10. The second-order valence-corrected chi connectivity index (χ2v) is 7.62. The molecule has 0 aliphatic heterocycles. The summed E-state index contributed by atoms with van der Waals surface area (Å²) >= 11 is 12.0. The summed E-state index contributed by atoms with van der Waals surface area (Å²) in [4.78, 5) is 7.26. The van der Waals surface area contributed by atoms with Crippen LogP contribution in [0.1, 0.15) is 25.0 Å². The molecule has 0 amide bonds. The second-order valence-electron chi connectivity index (χ2n) is 5.82. The Hall–Kier alpha value is -1.59. The van der Waals surface area contributed by atoms with Crippen molar-refractivity contribution in [2.45, 2.75) is 30.3 Å². The van der Waals surface area contributed by atoms with Crippen molar-refractivity contribution in [3.05, 3.63) is 40.0 Å². The first-order chi connectivity index (χ1) is 14.1. The first-order valence-electron chi connectivity index (χ1n) is 8.42. The molecule has 1 aromatic carbocycles. The lowest BCUT2D eigenvalue weighted by atomic mass is 10.3. The number of hydrogen-bond donors (Lipinski definition) is 1. The van der Waals surface area contributed by atoms with Crippen molar-refractivity contribution in [2.75, 3.05) is 24.2 Å². The third kappa shape index (κ3) is 7.59. The van der Waals surface area contributed by atoms with Gasteiger partial charge in [-0.05, 0) is 25.0 Å². The van der Waals surface area contributed by atoms with E-state index in [1.165, 1.54) is 0 Å². The highest BCUT2D eigenvalue weighted by molar-refractivity contribution is 7.99. The minimum atomic E-state index is -4.39. The van der Waals surface area contributed by atoms with E-state index in [0.29, 0.717) is 31.1 Å². The summed E-state index contributed by atoms with van der Waals surface area (Å²) in [7, 11) is 0. The predicted octanol–water partition coefficient (Wildman–Crippen LogP) is 6.79. The number of aromatic nitrogens is 2. The fraction of sp³-hybridized carbons (Fsp3) is 0.412. The lowest BCUT2D eigenvalue weighted by Gasteiger charge is -2.12. The highest BCUT2D eigenvalue weighted by atomic mass is 35.5. The summed E-state index contributed by atoms with van der Waals surface area (Å²) in [6.45, 7) is 0.391. The topological polar surface area (TPSA) is 47.0 Å². The molecular formula is C17H15Cl2F6N3OS. The van der Waals surface area contributed by atoms with E-state index < -0.39 is 29.9 Å². The fourth-order valence-corrected chi connectivity index (χ4v) is 3.43. The van der Waals surface area contributed by atoms with Gasteiger partial charge >= 0.3 is 6.18 Å². The monoisotopic (exact) mass is 493 g/mol. The molecule has 0 aliphatic rings. The van der Waals surface area contributed by atoms with Gasteiger partial charge in [-0.2, -0.15) is 13.2 Å². The molecule has 0 saturated heterocycles. The molecule has 0 atom stereocenters. The van der Waals surface area contributed by atoms with Gasteiger partial charge in [0.25, 0.3) is 6.43 Å². The Morgan fingerprint density at radius 2 is 1.87 bits per heavy atom. The van der Waals surface area contributed by atoms with E-state index in [4.69, 9.17) is 27.9 Å². The van der Waals surface area contributed by atoms with E-state index in [1.54, 1.807) is 0 Å². The lowest BCUT2D eigenvalue weighted by Crippen LogP contribution is -2.10. The molecule has 30 heavy (non-hydrogen) atoms. The van der Waals surface area contributed by atoms with Gasteiger partial charge in [0.2, 0.25) is 0 Å². The molecule has 1 N–H and O–H groups in total. The van der Waals surface area contributed by atoms with Crippen LogP contribution >= 0.6 is 35.0 Å². The van der Waals surface area contributed by atoms with Gasteiger partial charge in [-0.3, -0.25) is 0 Å². The molecule has 2 rings (SSSR count). The van der Waals surface area contributed by atoms with Gasteiger partial charge in [0.15, 0.2) is 11.6 Å². The number of nitrogens with one attached hydrogen (secondary N) is 1. The zero-order valence-corrected chi connectivity index (χ0v) is 17.4. The Morgan fingerprint density at radius 3 is 2.53 bits per heavy atom. The molecule has 13 heteroatoms. The highest BCUT2D eigenvalue weighted by Crippen LogP contribution is 2.36. The van der Waals surface area contributed by atoms with Crippen LogP contribution in [-0.4, -0.2) is 35.0 Å². The normalized spacial score (nSPS) is 11.8. The molecule has 0 saturated carbocycles. The smallest absolute Gasteiger partial charge is 0.398 e. The van der Waals surface area contributed by atoms with Crippen molar-refractivity contribution in [1.29, 1.82) is 0 Å². The number of unbranched alkanes of at least 4 members (excludes halogenated alkanes) is 1. The number of halogens is 8. The van der Waals surface area contributed by atoms with Crippen LogP contribution in [0.5, 0.6) is 5.75 Å². The molecule has 2 aromatic rings. The van der Waals surface area contributed by atoms with Crippen LogP contribution in [0.15, 0.2) is 23.4 Å². The maximum Gasteiger partial charge on any atom is 0.398 e. The SMILES string of the molecule is Fc1cc(Cl)c(SCC(F)(F)F)cc1OCCCCNc1ncnc(C(F)F)c1Cl. The zero-order valence-electron chi connectivity index (χ0n) is 15.1. The Labute approximate surface area is 182 Å². The van der Waals surface area contributed by atoms with Crippen molar-refractivity contribution >= 4 is 40.8 Å². The molecule has 1 heterocycles. The van der Waals surface area contributed by atoms with Crippen LogP contribution in [0, 0.1) is 5.82 Å². The molecule has 0 fully saturated rings. The van der Waals surface area contributed by atoms with Gasteiger partial charge in [-0.15, -0.1) is 11.8 Å². The van der Waals surface area contributed by atoms with E-state index in [1.807, 2.05) is 0 Å². The molecule has 0 bridgehead atoms. The van der Waals surface area contributed by atoms with Crippen LogP contribution in [0.4, 0.5) is 32.2 Å². The van der Waals surface area contributed by atoms with Crippen molar-refractivity contribution in [3.8, 4) is 5.75 Å². The first kappa shape index (κ1) is 24.7. The number of thioether (sulfide) groups is 1. The van der Waals surface area contributed by atoms with Crippen LogP contribution in [0.3, 0.4) is 0 Å². The Morgan fingerprint density at radius 1 is 1.13 bits per heavy atom. The Balaban J connectivity index is 1.81. The van der Waals surface area contributed by atoms with E-state index in [2.05, 4.69) is 15.3 Å². The van der Waals surface area contributed by atoms with E-state index in [0.717, 1.165) is 18.5 Å². The van der Waals surface area contributed by atoms with E-state index in [-0.39, 0.29) is 33.1 Å². The lowest BCUT2D eigenvalue weighted by molar-refractivity contribution is -0.105. The van der Waals surface area contributed by atoms with Crippen LogP contribution in [0.25, 0.3) is 0 Å². The standard InChI is InChI=1S/C17H15Cl2F6N3OS/c18-9-5-10(20)11(6-12(9)30-7-17(23,24)25)29-4-2-1-3-26-16-13(19)14(15(21)22)27-8-28-16/h5-6,8,15H,1-4,7H2,(H,26,27,28). The summed E-state index contributed by atoms with van der Waals surface area (Å²) in [5.74, 6) is -2.10. The average Bonchev–Trinajstić information content (AvgIpc) is 2.65. The molecule has 4 nitrogen and oxygen atoms in total. The summed E-state index contributed by atoms with van der Waals surface area (Å²) < 4.78 is 81.7. The Bertz CT molecular complexity index is 857. The minimum Gasteiger partial charge on any atom is -0.490 e. The van der Waals surface area contributed by atoms with Gasteiger partial charge in [-0.25, -0.2) is 23.1 Å². The van der Waals surface area contributed by atoms with Crippen LogP contribution in [-0.2, 0) is 0 Å². The van der Waals surface area contributed by atoms with E-state index in [9.17, 15) is 26.3 Å². The summed E-state index contributed by atoms with van der Waals surface area (Å²) in [6.07, 6.45) is -5.32. The number of benzene rings is 1. The van der Waals surface area contributed by atoms with E-state index >= 15 is 0 Å². The number of anilines is 1. The molecule has 166 valence electrons. The summed E-state index contributed by atoms with van der Waals surface area (Å²) in [6, 6.07) is 2.02. The van der Waals surface area contributed by atoms with Gasteiger partial charge in [0.05, 0.1) is 17.4 Å². The average molecular weight is 494 g/mol. The zero-order chi connectivity index (χ0) is 22.3. The quantitative estimate of drug-likeness (QED) is 0.224. The summed E-state index contributed by atoms with van der Waals surface area (Å²) in [5.41, 5.74) is -0.574. The number of alkyl halides is 5.